The number of amides is 1. The third-order valence-electron chi connectivity index (χ3n) is 4.19. The zero-order valence-electron chi connectivity index (χ0n) is 14.7. The molecule has 8 heteroatoms. The maximum atomic E-state index is 12.4. The number of nitrogens with zero attached hydrogens (tertiary/aromatic N) is 4. The second kappa shape index (κ2) is 7.70. The van der Waals surface area contributed by atoms with Gasteiger partial charge in [0.1, 0.15) is 11.6 Å². The highest BCUT2D eigenvalue weighted by Gasteiger charge is 2.31. The standard InChI is InChI=1S/C19H18ClN5OS/c1-12(18(26)22-16-10-9-14(20)11-21-16)27-19-23-17(13-7-8-13)25(24-19)15-5-3-2-4-6-15/h2-6,9-13H,7-8H2,1H3,(H,21,22,26)/t12-/m0/s1. The van der Waals surface area contributed by atoms with Gasteiger partial charge in [0.2, 0.25) is 11.1 Å². The van der Waals surface area contributed by atoms with E-state index in [9.17, 15) is 4.79 Å². The van der Waals surface area contributed by atoms with Crippen LogP contribution in [-0.4, -0.2) is 30.9 Å². The molecule has 0 spiro atoms. The second-order valence-electron chi connectivity index (χ2n) is 6.39. The Balaban J connectivity index is 1.48. The SMILES string of the molecule is C[C@H](Sc1nc(C2CC2)n(-c2ccccc2)n1)C(=O)Nc1ccc(Cl)cn1. The number of anilines is 1. The van der Waals surface area contributed by atoms with Crippen molar-refractivity contribution in [2.24, 2.45) is 0 Å². The van der Waals surface area contributed by atoms with Gasteiger partial charge in [-0.1, -0.05) is 41.6 Å². The Labute approximate surface area is 166 Å². The number of carbonyl (C=O) groups is 1. The molecule has 138 valence electrons. The number of hydrogen-bond acceptors (Lipinski definition) is 5. The van der Waals surface area contributed by atoms with Crippen molar-refractivity contribution in [3.8, 4) is 5.69 Å². The summed E-state index contributed by atoms with van der Waals surface area (Å²) in [5.74, 6) is 1.74. The summed E-state index contributed by atoms with van der Waals surface area (Å²) in [5, 5.41) is 8.19. The van der Waals surface area contributed by atoms with Crippen LogP contribution in [0.15, 0.2) is 53.8 Å². The third-order valence-corrected chi connectivity index (χ3v) is 5.36. The molecule has 0 aliphatic heterocycles. The predicted octanol–water partition coefficient (Wildman–Crippen LogP) is 4.31. The molecule has 1 amide bonds. The Bertz CT molecular complexity index is 940. The van der Waals surface area contributed by atoms with Crippen molar-refractivity contribution in [2.45, 2.75) is 36.1 Å². The maximum Gasteiger partial charge on any atom is 0.238 e. The van der Waals surface area contributed by atoms with Crippen molar-refractivity contribution in [3.63, 3.8) is 0 Å². The van der Waals surface area contributed by atoms with E-state index in [-0.39, 0.29) is 11.2 Å². The molecule has 1 fully saturated rings. The molecule has 1 N–H and O–H groups in total. The van der Waals surface area contributed by atoms with Crippen LogP contribution < -0.4 is 5.32 Å². The van der Waals surface area contributed by atoms with Gasteiger partial charge in [-0.2, -0.15) is 0 Å². The molecule has 27 heavy (non-hydrogen) atoms. The lowest BCUT2D eigenvalue weighted by molar-refractivity contribution is -0.115. The summed E-state index contributed by atoms with van der Waals surface area (Å²) >= 11 is 7.16. The van der Waals surface area contributed by atoms with E-state index < -0.39 is 0 Å². The highest BCUT2D eigenvalue weighted by Crippen LogP contribution is 2.40. The van der Waals surface area contributed by atoms with Crippen LogP contribution in [0.3, 0.4) is 0 Å². The van der Waals surface area contributed by atoms with Crippen LogP contribution in [0.25, 0.3) is 5.69 Å². The van der Waals surface area contributed by atoms with Gasteiger partial charge in [0.15, 0.2) is 0 Å². The summed E-state index contributed by atoms with van der Waals surface area (Å²) in [6.45, 7) is 1.83. The molecule has 1 aliphatic rings. The molecule has 2 aromatic heterocycles. The van der Waals surface area contributed by atoms with E-state index in [2.05, 4.69) is 15.4 Å². The van der Waals surface area contributed by atoms with Crippen LogP contribution in [-0.2, 0) is 4.79 Å². The van der Waals surface area contributed by atoms with Gasteiger partial charge >= 0.3 is 0 Å². The first-order valence-corrected chi connectivity index (χ1v) is 9.97. The van der Waals surface area contributed by atoms with Crippen LogP contribution in [0.4, 0.5) is 5.82 Å². The number of nitrogens with one attached hydrogen (secondary N) is 1. The minimum atomic E-state index is -0.360. The summed E-state index contributed by atoms with van der Waals surface area (Å²) in [7, 11) is 0. The summed E-state index contributed by atoms with van der Waals surface area (Å²) < 4.78 is 1.89. The number of para-hydroxylation sites is 1. The highest BCUT2D eigenvalue weighted by molar-refractivity contribution is 8.00. The Hall–Kier alpha value is -2.38. The smallest absolute Gasteiger partial charge is 0.238 e. The summed E-state index contributed by atoms with van der Waals surface area (Å²) in [4.78, 5) is 21.2. The number of halogens is 1. The fourth-order valence-electron chi connectivity index (χ4n) is 2.61. The molecule has 1 aromatic carbocycles. The summed E-state index contributed by atoms with van der Waals surface area (Å²) in [5.41, 5.74) is 0.987. The molecule has 6 nitrogen and oxygen atoms in total. The van der Waals surface area contributed by atoms with Crippen molar-refractivity contribution in [1.82, 2.24) is 19.7 Å². The van der Waals surface area contributed by atoms with Crippen LogP contribution in [0.5, 0.6) is 0 Å². The van der Waals surface area contributed by atoms with Gasteiger partial charge in [0.25, 0.3) is 0 Å². The average Bonchev–Trinajstić information content (AvgIpc) is 3.44. The molecule has 0 saturated heterocycles. The van der Waals surface area contributed by atoms with E-state index >= 15 is 0 Å². The zero-order valence-corrected chi connectivity index (χ0v) is 16.2. The van der Waals surface area contributed by atoms with Gasteiger partial charge in [-0.3, -0.25) is 4.79 Å². The summed E-state index contributed by atoms with van der Waals surface area (Å²) in [6, 6.07) is 13.3. The molecular weight excluding hydrogens is 382 g/mol. The number of carbonyl (C=O) groups excluding carboxylic acids is 1. The van der Waals surface area contributed by atoms with Gasteiger partial charge in [-0.05, 0) is 44.0 Å². The lowest BCUT2D eigenvalue weighted by atomic mass is 10.3. The van der Waals surface area contributed by atoms with Crippen LogP contribution in [0.1, 0.15) is 31.5 Å². The minimum Gasteiger partial charge on any atom is -0.310 e. The lowest BCUT2D eigenvalue weighted by Gasteiger charge is -2.09. The van der Waals surface area contributed by atoms with E-state index in [0.717, 1.165) is 24.4 Å². The van der Waals surface area contributed by atoms with E-state index in [4.69, 9.17) is 16.6 Å². The van der Waals surface area contributed by atoms with Crippen LogP contribution in [0, 0.1) is 0 Å². The first-order valence-electron chi connectivity index (χ1n) is 8.71. The largest absolute Gasteiger partial charge is 0.310 e. The lowest BCUT2D eigenvalue weighted by Crippen LogP contribution is -2.23. The monoisotopic (exact) mass is 399 g/mol. The molecular formula is C19H18ClN5OS. The molecule has 0 bridgehead atoms. The Morgan fingerprint density at radius 1 is 1.26 bits per heavy atom. The van der Waals surface area contributed by atoms with Crippen LogP contribution in [0.2, 0.25) is 5.02 Å². The number of thioether (sulfide) groups is 1. The van der Waals surface area contributed by atoms with E-state index in [0.29, 0.717) is 21.9 Å². The van der Waals surface area contributed by atoms with Crippen LogP contribution >= 0.6 is 23.4 Å². The number of rotatable bonds is 6. The zero-order chi connectivity index (χ0) is 18.8. The van der Waals surface area contributed by atoms with Crippen molar-refractivity contribution in [3.05, 3.63) is 59.5 Å². The topological polar surface area (TPSA) is 72.7 Å². The molecule has 0 unspecified atom stereocenters. The quantitative estimate of drug-likeness (QED) is 0.625. The first-order chi connectivity index (χ1) is 13.1. The van der Waals surface area contributed by atoms with E-state index in [1.165, 1.54) is 18.0 Å². The average molecular weight is 400 g/mol. The van der Waals surface area contributed by atoms with Crippen molar-refractivity contribution < 1.29 is 4.79 Å². The van der Waals surface area contributed by atoms with Gasteiger partial charge < -0.3 is 5.32 Å². The Morgan fingerprint density at radius 3 is 2.70 bits per heavy atom. The normalized spacial score (nSPS) is 14.7. The number of hydrogen-bond donors (Lipinski definition) is 1. The molecule has 0 radical (unpaired) electrons. The fourth-order valence-corrected chi connectivity index (χ4v) is 3.48. The maximum absolute atomic E-state index is 12.4. The van der Waals surface area contributed by atoms with Crippen molar-refractivity contribution >= 4 is 35.1 Å². The molecule has 1 aliphatic carbocycles. The molecule has 1 saturated carbocycles. The Morgan fingerprint density at radius 2 is 2.04 bits per heavy atom. The van der Waals surface area contributed by atoms with Gasteiger partial charge in [-0.15, -0.1) is 5.10 Å². The van der Waals surface area contributed by atoms with Crippen molar-refractivity contribution in [1.29, 1.82) is 0 Å². The van der Waals surface area contributed by atoms with E-state index in [1.54, 1.807) is 12.1 Å². The first kappa shape index (κ1) is 18.0. The van der Waals surface area contributed by atoms with Gasteiger partial charge in [0.05, 0.1) is 16.0 Å². The Kier molecular flexibility index (Phi) is 5.13. The van der Waals surface area contributed by atoms with Gasteiger partial charge in [-0.25, -0.2) is 14.6 Å². The van der Waals surface area contributed by atoms with Gasteiger partial charge in [0, 0.05) is 12.1 Å². The molecule has 4 rings (SSSR count). The molecule has 3 aromatic rings. The number of pyridine rings is 1. The second-order valence-corrected chi connectivity index (χ2v) is 8.13. The number of benzene rings is 1. The number of aromatic nitrogens is 4. The minimum absolute atomic E-state index is 0.154. The molecule has 1 atom stereocenters. The van der Waals surface area contributed by atoms with Crippen molar-refractivity contribution in [2.75, 3.05) is 5.32 Å². The van der Waals surface area contributed by atoms with E-state index in [1.807, 2.05) is 41.9 Å². The molecule has 2 heterocycles. The summed E-state index contributed by atoms with van der Waals surface area (Å²) in [6.07, 6.45) is 3.77. The third kappa shape index (κ3) is 4.31. The highest BCUT2D eigenvalue weighted by atomic mass is 35.5. The predicted molar refractivity (Wildman–Crippen MR) is 107 cm³/mol. The fraction of sp³-hybridized carbons (Fsp3) is 0.263.